The van der Waals surface area contributed by atoms with Crippen LogP contribution in [0.3, 0.4) is 0 Å². The van der Waals surface area contributed by atoms with E-state index in [9.17, 15) is 13.2 Å². The normalized spacial score (nSPS) is 27.0. The molecule has 1 aliphatic carbocycles. The quantitative estimate of drug-likeness (QED) is 0.792. The highest BCUT2D eigenvalue weighted by Crippen LogP contribution is 2.26. The van der Waals surface area contributed by atoms with E-state index in [4.69, 9.17) is 4.74 Å². The van der Waals surface area contributed by atoms with Crippen molar-refractivity contribution in [2.45, 2.75) is 69.8 Å². The predicted octanol–water partition coefficient (Wildman–Crippen LogP) is 1.76. The van der Waals surface area contributed by atoms with Gasteiger partial charge in [0.05, 0.1) is 22.7 Å². The van der Waals surface area contributed by atoms with E-state index in [2.05, 4.69) is 0 Å². The van der Waals surface area contributed by atoms with Crippen LogP contribution in [0.15, 0.2) is 0 Å². The molecule has 21 heavy (non-hydrogen) atoms. The van der Waals surface area contributed by atoms with Gasteiger partial charge in [0.2, 0.25) is 5.91 Å². The van der Waals surface area contributed by atoms with Crippen LogP contribution in [0.5, 0.6) is 0 Å². The van der Waals surface area contributed by atoms with Crippen molar-refractivity contribution in [1.29, 1.82) is 0 Å². The maximum Gasteiger partial charge on any atom is 0.223 e. The van der Waals surface area contributed by atoms with E-state index in [1.807, 2.05) is 20.8 Å². The molecule has 2 fully saturated rings. The average Bonchev–Trinajstić information content (AvgIpc) is 2.88. The molecule has 0 aromatic carbocycles. The summed E-state index contributed by atoms with van der Waals surface area (Å²) < 4.78 is 30.2. The molecule has 0 N–H and O–H groups in total. The van der Waals surface area contributed by atoms with Gasteiger partial charge in [-0.05, 0) is 33.6 Å². The fourth-order valence-corrected chi connectivity index (χ4v) is 5.29. The van der Waals surface area contributed by atoms with E-state index in [0.29, 0.717) is 13.1 Å². The average molecular weight is 317 g/mol. The van der Waals surface area contributed by atoms with Gasteiger partial charge in [-0.25, -0.2) is 8.42 Å². The number of sulfone groups is 1. The first-order valence-corrected chi connectivity index (χ1v) is 9.58. The minimum atomic E-state index is -3.11. The zero-order valence-electron chi connectivity index (χ0n) is 13.3. The van der Waals surface area contributed by atoms with Gasteiger partial charge < -0.3 is 9.64 Å². The van der Waals surface area contributed by atoms with Crippen molar-refractivity contribution < 1.29 is 17.9 Å². The van der Waals surface area contributed by atoms with Crippen molar-refractivity contribution in [3.8, 4) is 0 Å². The summed E-state index contributed by atoms with van der Waals surface area (Å²) in [5.74, 6) is -0.0809. The molecule has 1 unspecified atom stereocenters. The standard InChI is InChI=1S/C15H27NO4S/c1-12-10-16(11-15(2,3)20-12)14(17)8-9-21(18,19)13-6-4-5-7-13/h12-13H,4-11H2,1-3H3. The van der Waals surface area contributed by atoms with Gasteiger partial charge in [0.1, 0.15) is 0 Å². The van der Waals surface area contributed by atoms with E-state index in [1.54, 1.807) is 4.90 Å². The highest BCUT2D eigenvalue weighted by Gasteiger charge is 2.35. The summed E-state index contributed by atoms with van der Waals surface area (Å²) in [4.78, 5) is 14.0. The van der Waals surface area contributed by atoms with E-state index in [0.717, 1.165) is 25.7 Å². The van der Waals surface area contributed by atoms with Gasteiger partial charge in [-0.1, -0.05) is 12.8 Å². The lowest BCUT2D eigenvalue weighted by molar-refractivity contribution is -0.157. The van der Waals surface area contributed by atoms with Gasteiger partial charge in [-0.3, -0.25) is 4.79 Å². The number of amides is 1. The molecule has 1 saturated carbocycles. The zero-order valence-corrected chi connectivity index (χ0v) is 14.1. The molecule has 6 heteroatoms. The van der Waals surface area contributed by atoms with Gasteiger partial charge >= 0.3 is 0 Å². The molecule has 1 aliphatic heterocycles. The molecule has 0 aromatic rings. The molecule has 2 aliphatic rings. The van der Waals surface area contributed by atoms with Crippen LogP contribution in [-0.2, 0) is 19.4 Å². The van der Waals surface area contributed by atoms with Crippen LogP contribution in [0, 0.1) is 0 Å². The van der Waals surface area contributed by atoms with E-state index in [1.165, 1.54) is 0 Å². The maximum atomic E-state index is 12.3. The Labute approximate surface area is 127 Å². The summed E-state index contributed by atoms with van der Waals surface area (Å²) in [6, 6.07) is 0. The van der Waals surface area contributed by atoms with Crippen LogP contribution in [0.1, 0.15) is 52.9 Å². The zero-order chi connectivity index (χ0) is 15.7. The van der Waals surface area contributed by atoms with Crippen molar-refractivity contribution in [2.75, 3.05) is 18.8 Å². The van der Waals surface area contributed by atoms with Gasteiger partial charge in [-0.2, -0.15) is 0 Å². The number of rotatable bonds is 4. The highest BCUT2D eigenvalue weighted by molar-refractivity contribution is 7.92. The molecule has 0 bridgehead atoms. The Balaban J connectivity index is 1.89. The molecule has 122 valence electrons. The molecule has 1 atom stereocenters. The van der Waals surface area contributed by atoms with E-state index >= 15 is 0 Å². The van der Waals surface area contributed by atoms with Crippen molar-refractivity contribution in [3.63, 3.8) is 0 Å². The van der Waals surface area contributed by atoms with Crippen LogP contribution < -0.4 is 0 Å². The number of morpholine rings is 1. The largest absolute Gasteiger partial charge is 0.369 e. The lowest BCUT2D eigenvalue weighted by atomic mass is 10.1. The summed E-state index contributed by atoms with van der Waals surface area (Å²) in [5, 5.41) is -0.217. The van der Waals surface area contributed by atoms with Crippen LogP contribution in [0.4, 0.5) is 0 Å². The number of ether oxygens (including phenoxy) is 1. The first-order chi connectivity index (χ1) is 9.70. The summed E-state index contributed by atoms with van der Waals surface area (Å²) in [5.41, 5.74) is -0.363. The van der Waals surface area contributed by atoms with Crippen LogP contribution in [0.25, 0.3) is 0 Å². The van der Waals surface area contributed by atoms with Crippen LogP contribution in [0.2, 0.25) is 0 Å². The smallest absolute Gasteiger partial charge is 0.223 e. The molecule has 1 amide bonds. The van der Waals surface area contributed by atoms with E-state index in [-0.39, 0.29) is 35.0 Å². The number of nitrogens with zero attached hydrogens (tertiary/aromatic N) is 1. The SMILES string of the molecule is CC1CN(C(=O)CCS(=O)(=O)C2CCCC2)CC(C)(C)O1. The molecule has 2 rings (SSSR count). The summed E-state index contributed by atoms with van der Waals surface area (Å²) in [6.07, 6.45) is 3.60. The molecule has 1 heterocycles. The molecule has 0 spiro atoms. The number of carbonyl (C=O) groups excluding carboxylic acids is 1. The topological polar surface area (TPSA) is 63.7 Å². The Morgan fingerprint density at radius 1 is 1.29 bits per heavy atom. The first kappa shape index (κ1) is 16.7. The third-order valence-corrected chi connectivity index (χ3v) is 6.59. The van der Waals surface area contributed by atoms with Crippen LogP contribution >= 0.6 is 0 Å². The molecule has 5 nitrogen and oxygen atoms in total. The van der Waals surface area contributed by atoms with Crippen molar-refractivity contribution >= 4 is 15.7 Å². The predicted molar refractivity (Wildman–Crippen MR) is 81.9 cm³/mol. The minimum absolute atomic E-state index is 0.0101. The summed E-state index contributed by atoms with van der Waals surface area (Å²) >= 11 is 0. The Morgan fingerprint density at radius 3 is 2.48 bits per heavy atom. The second-order valence-electron chi connectivity index (χ2n) is 6.99. The van der Waals surface area contributed by atoms with Gasteiger partial charge in [0.25, 0.3) is 0 Å². The third-order valence-electron chi connectivity index (χ3n) is 4.33. The lowest BCUT2D eigenvalue weighted by Gasteiger charge is -2.41. The molecular weight excluding hydrogens is 290 g/mol. The Kier molecular flexibility index (Phi) is 4.98. The Hall–Kier alpha value is -0.620. The maximum absolute atomic E-state index is 12.3. The van der Waals surface area contributed by atoms with Gasteiger partial charge in [-0.15, -0.1) is 0 Å². The fourth-order valence-electron chi connectivity index (χ4n) is 3.45. The molecule has 0 aromatic heterocycles. The van der Waals surface area contributed by atoms with Gasteiger partial charge in [0, 0.05) is 19.5 Å². The first-order valence-electron chi connectivity index (χ1n) is 7.87. The van der Waals surface area contributed by atoms with Crippen molar-refractivity contribution in [3.05, 3.63) is 0 Å². The number of carbonyl (C=O) groups is 1. The molecular formula is C15H27NO4S. The second kappa shape index (κ2) is 6.24. The summed E-state index contributed by atoms with van der Waals surface area (Å²) in [7, 11) is -3.11. The monoisotopic (exact) mass is 317 g/mol. The van der Waals surface area contributed by atoms with Gasteiger partial charge in [0.15, 0.2) is 9.84 Å². The third kappa shape index (κ3) is 4.42. The fraction of sp³-hybridized carbons (Fsp3) is 0.933. The molecule has 0 radical (unpaired) electrons. The Bertz CT molecular complexity index is 480. The summed E-state index contributed by atoms with van der Waals surface area (Å²) in [6.45, 7) is 6.93. The number of hydrogen-bond acceptors (Lipinski definition) is 4. The van der Waals surface area contributed by atoms with E-state index < -0.39 is 9.84 Å². The van der Waals surface area contributed by atoms with Crippen molar-refractivity contribution in [1.82, 2.24) is 4.90 Å². The lowest BCUT2D eigenvalue weighted by Crippen LogP contribution is -2.54. The highest BCUT2D eigenvalue weighted by atomic mass is 32.2. The number of hydrogen-bond donors (Lipinski definition) is 0. The second-order valence-corrected chi connectivity index (χ2v) is 9.39. The molecule has 1 saturated heterocycles. The Morgan fingerprint density at radius 2 is 1.90 bits per heavy atom. The van der Waals surface area contributed by atoms with Crippen LogP contribution in [-0.4, -0.2) is 55.0 Å². The minimum Gasteiger partial charge on any atom is -0.369 e. The van der Waals surface area contributed by atoms with Crippen molar-refractivity contribution in [2.24, 2.45) is 0 Å².